The van der Waals surface area contributed by atoms with Gasteiger partial charge in [0.05, 0.1) is 4.92 Å². The van der Waals surface area contributed by atoms with Crippen molar-refractivity contribution in [3.05, 3.63) is 52.6 Å². The minimum absolute atomic E-state index is 0. The zero-order valence-corrected chi connectivity index (χ0v) is 15.8. The maximum Gasteiger partial charge on any atom is 0.269 e. The van der Waals surface area contributed by atoms with E-state index in [0.717, 1.165) is 43.9 Å². The van der Waals surface area contributed by atoms with E-state index in [1.165, 1.54) is 0 Å². The van der Waals surface area contributed by atoms with E-state index in [9.17, 15) is 10.1 Å². The summed E-state index contributed by atoms with van der Waals surface area (Å²) in [5.74, 6) is 0.803. The molecule has 1 aromatic rings. The van der Waals surface area contributed by atoms with Gasteiger partial charge in [-0.05, 0) is 31.7 Å². The Kier molecular flexibility index (Phi) is 11.9. The topological polar surface area (TPSA) is 79.6 Å². The molecule has 1 rings (SSSR count). The van der Waals surface area contributed by atoms with Gasteiger partial charge in [0.25, 0.3) is 5.69 Å². The molecule has 128 valence electrons. The summed E-state index contributed by atoms with van der Waals surface area (Å²) in [6.07, 6.45) is 4.68. The summed E-state index contributed by atoms with van der Waals surface area (Å²) in [5.41, 5.74) is 1.25. The molecule has 0 unspecified atom stereocenters. The summed E-state index contributed by atoms with van der Waals surface area (Å²) in [5, 5.41) is 16.9. The summed E-state index contributed by atoms with van der Waals surface area (Å²) in [7, 11) is 0. The number of rotatable bonds is 9. The van der Waals surface area contributed by atoms with Crippen LogP contribution in [0.4, 0.5) is 5.69 Å². The average Bonchev–Trinajstić information content (AvgIpc) is 2.52. The molecule has 0 spiro atoms. The molecule has 0 fully saturated rings. The lowest BCUT2D eigenvalue weighted by molar-refractivity contribution is -0.384. The first kappa shape index (κ1) is 21.4. The number of non-ortho nitro benzene ring substituents is 1. The van der Waals surface area contributed by atoms with Gasteiger partial charge in [-0.15, -0.1) is 30.6 Å². The molecule has 6 nitrogen and oxygen atoms in total. The smallest absolute Gasteiger partial charge is 0.269 e. The molecule has 0 amide bonds. The monoisotopic (exact) mass is 432 g/mol. The molecule has 2 N–H and O–H groups in total. The average molecular weight is 432 g/mol. The molecule has 0 radical (unpaired) electrons. The number of nitrogens with one attached hydrogen (secondary N) is 2. The summed E-state index contributed by atoms with van der Waals surface area (Å²) in [6, 6.07) is 6.74. The van der Waals surface area contributed by atoms with Gasteiger partial charge in [-0.1, -0.05) is 18.2 Å². The van der Waals surface area contributed by atoms with Crippen molar-refractivity contribution in [1.82, 2.24) is 10.6 Å². The van der Waals surface area contributed by atoms with Crippen molar-refractivity contribution in [2.24, 2.45) is 4.99 Å². The normalized spacial score (nSPS) is 10.6. The van der Waals surface area contributed by atoms with Crippen LogP contribution in [0, 0.1) is 10.1 Å². The molecule has 0 bridgehead atoms. The van der Waals surface area contributed by atoms with Crippen LogP contribution in [0.15, 0.2) is 41.9 Å². The summed E-state index contributed by atoms with van der Waals surface area (Å²) in [4.78, 5) is 14.7. The van der Waals surface area contributed by atoms with Gasteiger partial charge in [0.2, 0.25) is 0 Å². The SMILES string of the molecule is C=CCNC(=NCCCCc1ccc([N+](=O)[O-])cc1)NCC.I. The number of nitrogens with zero attached hydrogens (tertiary/aromatic N) is 2. The molecule has 0 atom stereocenters. The first-order valence-electron chi connectivity index (χ1n) is 7.53. The van der Waals surface area contributed by atoms with Gasteiger partial charge >= 0.3 is 0 Å². The van der Waals surface area contributed by atoms with Crippen LogP contribution < -0.4 is 10.6 Å². The van der Waals surface area contributed by atoms with Crippen LogP contribution in [0.2, 0.25) is 0 Å². The molecule has 0 aliphatic heterocycles. The van der Waals surface area contributed by atoms with Crippen LogP contribution in [0.25, 0.3) is 0 Å². The second-order valence-corrected chi connectivity index (χ2v) is 4.81. The Hall–Kier alpha value is -1.64. The van der Waals surface area contributed by atoms with Crippen molar-refractivity contribution in [3.63, 3.8) is 0 Å². The third-order valence-corrected chi connectivity index (χ3v) is 3.05. The van der Waals surface area contributed by atoms with E-state index in [2.05, 4.69) is 22.2 Å². The number of aliphatic imine (C=N–C) groups is 1. The van der Waals surface area contributed by atoms with Gasteiger partial charge in [-0.2, -0.15) is 0 Å². The molecule has 0 saturated carbocycles. The van der Waals surface area contributed by atoms with Crippen LogP contribution in [0.5, 0.6) is 0 Å². The Morgan fingerprint density at radius 2 is 2.00 bits per heavy atom. The predicted octanol–water partition coefficient (Wildman–Crippen LogP) is 3.28. The fourth-order valence-corrected chi connectivity index (χ4v) is 1.93. The third-order valence-electron chi connectivity index (χ3n) is 3.05. The molecule has 0 aliphatic carbocycles. The first-order chi connectivity index (χ1) is 10.7. The first-order valence-corrected chi connectivity index (χ1v) is 7.53. The Bertz CT molecular complexity index is 503. The molecule has 0 heterocycles. The highest BCUT2D eigenvalue weighted by Crippen LogP contribution is 2.13. The van der Waals surface area contributed by atoms with Crippen molar-refractivity contribution in [2.45, 2.75) is 26.2 Å². The number of nitro benzene ring substituents is 1. The predicted molar refractivity (Wildman–Crippen MR) is 106 cm³/mol. The van der Waals surface area contributed by atoms with Crippen LogP contribution >= 0.6 is 24.0 Å². The van der Waals surface area contributed by atoms with Gasteiger partial charge in [0.1, 0.15) is 0 Å². The van der Waals surface area contributed by atoms with Gasteiger partial charge in [-0.25, -0.2) is 0 Å². The highest BCUT2D eigenvalue weighted by Gasteiger charge is 2.03. The van der Waals surface area contributed by atoms with E-state index in [1.807, 2.05) is 19.1 Å². The quantitative estimate of drug-likeness (QED) is 0.119. The van der Waals surface area contributed by atoms with E-state index in [1.54, 1.807) is 18.2 Å². The van der Waals surface area contributed by atoms with Crippen molar-refractivity contribution < 1.29 is 4.92 Å². The van der Waals surface area contributed by atoms with Gasteiger partial charge in [-0.3, -0.25) is 15.1 Å². The Morgan fingerprint density at radius 1 is 1.30 bits per heavy atom. The molecular formula is C16H25IN4O2. The van der Waals surface area contributed by atoms with Crippen molar-refractivity contribution >= 4 is 35.6 Å². The minimum atomic E-state index is -0.378. The Balaban J connectivity index is 0.00000484. The van der Waals surface area contributed by atoms with E-state index in [0.29, 0.717) is 6.54 Å². The third kappa shape index (κ3) is 9.17. The highest BCUT2D eigenvalue weighted by atomic mass is 127. The van der Waals surface area contributed by atoms with Crippen molar-refractivity contribution in [1.29, 1.82) is 0 Å². The molecule has 1 aromatic carbocycles. The van der Waals surface area contributed by atoms with Crippen LogP contribution in [0.1, 0.15) is 25.3 Å². The zero-order valence-electron chi connectivity index (χ0n) is 13.5. The van der Waals surface area contributed by atoms with Crippen molar-refractivity contribution in [2.75, 3.05) is 19.6 Å². The Morgan fingerprint density at radius 3 is 2.57 bits per heavy atom. The second kappa shape index (κ2) is 12.9. The van der Waals surface area contributed by atoms with Crippen molar-refractivity contribution in [3.8, 4) is 0 Å². The van der Waals surface area contributed by atoms with E-state index in [-0.39, 0.29) is 34.6 Å². The van der Waals surface area contributed by atoms with E-state index < -0.39 is 0 Å². The van der Waals surface area contributed by atoms with E-state index >= 15 is 0 Å². The summed E-state index contributed by atoms with van der Waals surface area (Å²) in [6.45, 7) is 7.96. The zero-order chi connectivity index (χ0) is 16.2. The van der Waals surface area contributed by atoms with Gasteiger partial charge in [0.15, 0.2) is 5.96 Å². The van der Waals surface area contributed by atoms with Crippen LogP contribution in [0.3, 0.4) is 0 Å². The number of aryl methyl sites for hydroxylation is 1. The lowest BCUT2D eigenvalue weighted by Crippen LogP contribution is -2.37. The number of guanidine groups is 1. The number of nitro groups is 1. The van der Waals surface area contributed by atoms with Gasteiger partial charge in [0, 0.05) is 31.8 Å². The fraction of sp³-hybridized carbons (Fsp3) is 0.438. The molecule has 0 aliphatic rings. The molecule has 0 saturated heterocycles. The summed E-state index contributed by atoms with van der Waals surface area (Å²) >= 11 is 0. The molecule has 23 heavy (non-hydrogen) atoms. The second-order valence-electron chi connectivity index (χ2n) is 4.81. The number of halogens is 1. The largest absolute Gasteiger partial charge is 0.357 e. The standard InChI is InChI=1S/C16H24N4O2.HI/c1-3-12-18-16(17-4-2)19-13-6-5-7-14-8-10-15(11-9-14)20(21)22;/h3,8-11H,1,4-7,12-13H2,2H3,(H2,17,18,19);1H. The number of hydrogen-bond donors (Lipinski definition) is 2. The molecular weight excluding hydrogens is 407 g/mol. The number of benzene rings is 1. The Labute approximate surface area is 154 Å². The van der Waals surface area contributed by atoms with Crippen LogP contribution in [-0.4, -0.2) is 30.5 Å². The molecule has 7 heteroatoms. The summed E-state index contributed by atoms with van der Waals surface area (Å²) < 4.78 is 0. The lowest BCUT2D eigenvalue weighted by Gasteiger charge is -2.09. The number of hydrogen-bond acceptors (Lipinski definition) is 3. The lowest BCUT2D eigenvalue weighted by atomic mass is 10.1. The molecule has 0 aromatic heterocycles. The fourth-order valence-electron chi connectivity index (χ4n) is 1.93. The van der Waals surface area contributed by atoms with E-state index in [4.69, 9.17) is 0 Å². The maximum atomic E-state index is 10.6. The minimum Gasteiger partial charge on any atom is -0.357 e. The van der Waals surface area contributed by atoms with Crippen LogP contribution in [-0.2, 0) is 6.42 Å². The maximum absolute atomic E-state index is 10.6. The van der Waals surface area contributed by atoms with Gasteiger partial charge < -0.3 is 10.6 Å². The highest BCUT2D eigenvalue weighted by molar-refractivity contribution is 14.0. The number of unbranched alkanes of at least 4 members (excludes halogenated alkanes) is 1.